The fourth-order valence-corrected chi connectivity index (χ4v) is 2.60. The summed E-state index contributed by atoms with van der Waals surface area (Å²) in [4.78, 5) is 16.8. The number of ether oxygens (including phenoxy) is 2. The number of hydrogen-bond acceptors (Lipinski definition) is 4. The predicted octanol–water partition coefficient (Wildman–Crippen LogP) is 1.49. The van der Waals surface area contributed by atoms with Gasteiger partial charge in [-0.3, -0.25) is 9.69 Å². The van der Waals surface area contributed by atoms with Gasteiger partial charge in [-0.1, -0.05) is 12.1 Å². The van der Waals surface area contributed by atoms with Crippen LogP contribution in [0.5, 0.6) is 5.75 Å². The van der Waals surface area contributed by atoms with Crippen molar-refractivity contribution in [1.29, 1.82) is 0 Å². The molecule has 0 N–H and O–H groups in total. The molecule has 1 heterocycles. The highest BCUT2D eigenvalue weighted by atomic mass is 16.5. The van der Waals surface area contributed by atoms with Crippen LogP contribution in [0.4, 0.5) is 0 Å². The fraction of sp³-hybridized carbons (Fsp3) is 0.562. The van der Waals surface area contributed by atoms with Gasteiger partial charge < -0.3 is 14.4 Å². The van der Waals surface area contributed by atoms with E-state index >= 15 is 0 Å². The fourth-order valence-electron chi connectivity index (χ4n) is 2.60. The lowest BCUT2D eigenvalue weighted by atomic mass is 10.1. The van der Waals surface area contributed by atoms with Gasteiger partial charge in [0.2, 0.25) is 0 Å². The van der Waals surface area contributed by atoms with Crippen LogP contribution in [-0.2, 0) is 4.74 Å². The molecule has 1 amide bonds. The van der Waals surface area contributed by atoms with Crippen LogP contribution >= 0.6 is 0 Å². The lowest BCUT2D eigenvalue weighted by Crippen LogP contribution is -2.49. The van der Waals surface area contributed by atoms with E-state index in [9.17, 15) is 4.79 Å². The SMILES string of the molecule is COCCCN1CCN(C(=O)c2ccccc2OC)CC1. The van der Waals surface area contributed by atoms with Crippen LogP contribution in [0, 0.1) is 0 Å². The van der Waals surface area contributed by atoms with Crippen LogP contribution < -0.4 is 4.74 Å². The second kappa shape index (κ2) is 8.00. The van der Waals surface area contributed by atoms with E-state index in [0.29, 0.717) is 11.3 Å². The Kier molecular flexibility index (Phi) is 6.02. The molecule has 2 rings (SSSR count). The van der Waals surface area contributed by atoms with Crippen LogP contribution in [-0.4, -0.2) is 69.3 Å². The number of amides is 1. The average Bonchev–Trinajstić information content (AvgIpc) is 2.55. The van der Waals surface area contributed by atoms with Crippen molar-refractivity contribution in [3.63, 3.8) is 0 Å². The number of carbonyl (C=O) groups is 1. The summed E-state index contributed by atoms with van der Waals surface area (Å²) in [5.41, 5.74) is 0.646. The second-order valence-electron chi connectivity index (χ2n) is 5.18. The molecule has 21 heavy (non-hydrogen) atoms. The molecule has 5 nitrogen and oxygen atoms in total. The Morgan fingerprint density at radius 1 is 1.14 bits per heavy atom. The molecule has 1 saturated heterocycles. The van der Waals surface area contributed by atoms with Gasteiger partial charge in [0, 0.05) is 46.4 Å². The first kappa shape index (κ1) is 15.8. The van der Waals surface area contributed by atoms with Crippen molar-refractivity contribution in [3.05, 3.63) is 29.8 Å². The molecule has 0 bridgehead atoms. The van der Waals surface area contributed by atoms with Gasteiger partial charge in [0.1, 0.15) is 5.75 Å². The topological polar surface area (TPSA) is 42.0 Å². The summed E-state index contributed by atoms with van der Waals surface area (Å²) in [6.07, 6.45) is 1.04. The standard InChI is InChI=1S/C16H24N2O3/c1-20-13-5-8-17-9-11-18(12-10-17)16(19)14-6-3-4-7-15(14)21-2/h3-4,6-7H,5,8-13H2,1-2H3. The summed E-state index contributed by atoms with van der Waals surface area (Å²) in [5.74, 6) is 0.703. The molecule has 0 atom stereocenters. The van der Waals surface area contributed by atoms with Crippen LogP contribution in [0.2, 0.25) is 0 Å². The van der Waals surface area contributed by atoms with E-state index in [1.165, 1.54) is 0 Å². The molecule has 1 aromatic rings. The second-order valence-corrected chi connectivity index (χ2v) is 5.18. The van der Waals surface area contributed by atoms with Crippen LogP contribution in [0.25, 0.3) is 0 Å². The monoisotopic (exact) mass is 292 g/mol. The lowest BCUT2D eigenvalue weighted by molar-refractivity contribution is 0.0621. The highest BCUT2D eigenvalue weighted by Crippen LogP contribution is 2.20. The normalized spacial score (nSPS) is 16.0. The summed E-state index contributed by atoms with van der Waals surface area (Å²) in [6.45, 7) is 5.20. The van der Waals surface area contributed by atoms with Gasteiger partial charge in [0.15, 0.2) is 0 Å². The van der Waals surface area contributed by atoms with Gasteiger partial charge in [-0.25, -0.2) is 0 Å². The third-order valence-corrected chi connectivity index (χ3v) is 3.82. The van der Waals surface area contributed by atoms with E-state index in [1.807, 2.05) is 29.2 Å². The van der Waals surface area contributed by atoms with Gasteiger partial charge in [0.05, 0.1) is 12.7 Å². The van der Waals surface area contributed by atoms with Crippen LogP contribution in [0.1, 0.15) is 16.8 Å². The maximum Gasteiger partial charge on any atom is 0.257 e. The van der Waals surface area contributed by atoms with E-state index in [1.54, 1.807) is 14.2 Å². The highest BCUT2D eigenvalue weighted by Gasteiger charge is 2.23. The molecule has 1 aromatic carbocycles. The minimum Gasteiger partial charge on any atom is -0.496 e. The zero-order valence-corrected chi connectivity index (χ0v) is 12.9. The van der Waals surface area contributed by atoms with E-state index in [-0.39, 0.29) is 5.91 Å². The Bertz CT molecular complexity index is 457. The van der Waals surface area contributed by atoms with E-state index in [0.717, 1.165) is 45.8 Å². The molecule has 0 unspecified atom stereocenters. The number of para-hydroxylation sites is 1. The number of piperazine rings is 1. The smallest absolute Gasteiger partial charge is 0.257 e. The van der Waals surface area contributed by atoms with Crippen molar-refractivity contribution in [2.24, 2.45) is 0 Å². The summed E-state index contributed by atoms with van der Waals surface area (Å²) < 4.78 is 10.3. The minimum atomic E-state index is 0.0593. The Labute approximate surface area is 126 Å². The predicted molar refractivity (Wildman–Crippen MR) is 81.8 cm³/mol. The average molecular weight is 292 g/mol. The van der Waals surface area contributed by atoms with Crippen LogP contribution in [0.3, 0.4) is 0 Å². The number of rotatable bonds is 6. The summed E-state index contributed by atoms with van der Waals surface area (Å²) in [7, 11) is 3.32. The molecule has 1 fully saturated rings. The van der Waals surface area contributed by atoms with E-state index < -0.39 is 0 Å². The molecule has 116 valence electrons. The highest BCUT2D eigenvalue weighted by molar-refractivity contribution is 5.97. The number of methoxy groups -OCH3 is 2. The molecule has 0 spiro atoms. The van der Waals surface area contributed by atoms with Crippen molar-refractivity contribution >= 4 is 5.91 Å². The molecule has 5 heteroatoms. The molecule has 0 saturated carbocycles. The Balaban J connectivity index is 1.88. The summed E-state index contributed by atoms with van der Waals surface area (Å²) in [5, 5.41) is 0. The van der Waals surface area contributed by atoms with Gasteiger partial charge in [0.25, 0.3) is 5.91 Å². The molecule has 1 aliphatic heterocycles. The Hall–Kier alpha value is -1.59. The van der Waals surface area contributed by atoms with E-state index in [2.05, 4.69) is 4.90 Å². The van der Waals surface area contributed by atoms with Crippen molar-refractivity contribution < 1.29 is 14.3 Å². The number of carbonyl (C=O) groups excluding carboxylic acids is 1. The lowest BCUT2D eigenvalue weighted by Gasteiger charge is -2.34. The maximum absolute atomic E-state index is 12.6. The number of nitrogens with zero attached hydrogens (tertiary/aromatic N) is 2. The first-order chi connectivity index (χ1) is 10.3. The van der Waals surface area contributed by atoms with Gasteiger partial charge in [-0.15, -0.1) is 0 Å². The molecule has 0 aromatic heterocycles. The van der Waals surface area contributed by atoms with Crippen molar-refractivity contribution in [3.8, 4) is 5.75 Å². The molecule has 1 aliphatic rings. The minimum absolute atomic E-state index is 0.0593. The zero-order valence-electron chi connectivity index (χ0n) is 12.9. The van der Waals surface area contributed by atoms with Gasteiger partial charge in [-0.2, -0.15) is 0 Å². The number of benzene rings is 1. The quantitative estimate of drug-likeness (QED) is 0.745. The molecule has 0 radical (unpaired) electrons. The Morgan fingerprint density at radius 2 is 1.86 bits per heavy atom. The van der Waals surface area contributed by atoms with Crippen LogP contribution in [0.15, 0.2) is 24.3 Å². The maximum atomic E-state index is 12.6. The Morgan fingerprint density at radius 3 is 2.52 bits per heavy atom. The van der Waals surface area contributed by atoms with Gasteiger partial charge in [-0.05, 0) is 18.6 Å². The summed E-state index contributed by atoms with van der Waals surface area (Å²) >= 11 is 0. The largest absolute Gasteiger partial charge is 0.496 e. The zero-order chi connectivity index (χ0) is 15.1. The first-order valence-corrected chi connectivity index (χ1v) is 7.40. The third kappa shape index (κ3) is 4.19. The third-order valence-electron chi connectivity index (χ3n) is 3.82. The molecular formula is C16H24N2O3. The molecular weight excluding hydrogens is 268 g/mol. The number of hydrogen-bond donors (Lipinski definition) is 0. The van der Waals surface area contributed by atoms with E-state index in [4.69, 9.17) is 9.47 Å². The van der Waals surface area contributed by atoms with Crippen molar-refractivity contribution in [2.45, 2.75) is 6.42 Å². The molecule has 0 aliphatic carbocycles. The van der Waals surface area contributed by atoms with Crippen molar-refractivity contribution in [1.82, 2.24) is 9.80 Å². The first-order valence-electron chi connectivity index (χ1n) is 7.40. The van der Waals surface area contributed by atoms with Gasteiger partial charge >= 0.3 is 0 Å². The summed E-state index contributed by atoms with van der Waals surface area (Å²) in [6, 6.07) is 7.40. The van der Waals surface area contributed by atoms with Crippen molar-refractivity contribution in [2.75, 3.05) is 53.6 Å².